The SMILES string of the molecule is Cn1c(=NC(=O)c2ccc(S(C)(=O)=O)cc2)sc2cc(F)ccc21. The van der Waals surface area contributed by atoms with E-state index >= 15 is 0 Å². The molecule has 0 saturated heterocycles. The molecule has 2 aromatic carbocycles. The molecule has 0 atom stereocenters. The van der Waals surface area contributed by atoms with Crippen LogP contribution in [0.3, 0.4) is 0 Å². The molecule has 0 bridgehead atoms. The van der Waals surface area contributed by atoms with Crippen LogP contribution < -0.4 is 4.80 Å². The molecule has 0 saturated carbocycles. The molecule has 3 rings (SSSR count). The van der Waals surface area contributed by atoms with Gasteiger partial charge in [-0.3, -0.25) is 4.79 Å². The fourth-order valence-electron chi connectivity index (χ4n) is 2.21. The number of rotatable bonds is 2. The van der Waals surface area contributed by atoms with Gasteiger partial charge in [0.05, 0.1) is 15.1 Å². The molecule has 0 radical (unpaired) electrons. The third kappa shape index (κ3) is 3.15. The summed E-state index contributed by atoms with van der Waals surface area (Å²) < 4.78 is 38.6. The second-order valence-corrected chi connectivity index (χ2v) is 8.29. The molecule has 0 fully saturated rings. The number of fused-ring (bicyclic) bond motifs is 1. The average molecular weight is 364 g/mol. The van der Waals surface area contributed by atoms with Crippen molar-refractivity contribution >= 4 is 37.3 Å². The molecule has 124 valence electrons. The first kappa shape index (κ1) is 16.5. The Morgan fingerprint density at radius 3 is 2.46 bits per heavy atom. The molecule has 0 spiro atoms. The van der Waals surface area contributed by atoms with Gasteiger partial charge >= 0.3 is 0 Å². The van der Waals surface area contributed by atoms with Crippen molar-refractivity contribution in [3.05, 3.63) is 58.6 Å². The van der Waals surface area contributed by atoms with E-state index in [1.54, 1.807) is 17.7 Å². The topological polar surface area (TPSA) is 68.5 Å². The zero-order valence-corrected chi connectivity index (χ0v) is 14.5. The number of nitrogens with zero attached hydrogens (tertiary/aromatic N) is 2. The van der Waals surface area contributed by atoms with Crippen LogP contribution in [0.2, 0.25) is 0 Å². The zero-order chi connectivity index (χ0) is 17.5. The van der Waals surface area contributed by atoms with E-state index in [0.29, 0.717) is 9.50 Å². The minimum absolute atomic E-state index is 0.141. The second kappa shape index (κ2) is 5.95. The van der Waals surface area contributed by atoms with E-state index in [9.17, 15) is 17.6 Å². The summed E-state index contributed by atoms with van der Waals surface area (Å²) >= 11 is 1.21. The molecule has 0 N–H and O–H groups in total. The van der Waals surface area contributed by atoms with Crippen LogP contribution in [-0.2, 0) is 16.9 Å². The lowest BCUT2D eigenvalue weighted by Crippen LogP contribution is -2.13. The summed E-state index contributed by atoms with van der Waals surface area (Å²) in [7, 11) is -1.57. The van der Waals surface area contributed by atoms with Crippen LogP contribution in [0.4, 0.5) is 4.39 Å². The lowest BCUT2D eigenvalue weighted by Gasteiger charge is -1.99. The molecule has 1 aromatic heterocycles. The largest absolute Gasteiger partial charge is 0.319 e. The lowest BCUT2D eigenvalue weighted by molar-refractivity contribution is 0.0998. The Kier molecular flexibility index (Phi) is 4.10. The van der Waals surface area contributed by atoms with Gasteiger partial charge in [0.2, 0.25) is 0 Å². The smallest absolute Gasteiger partial charge is 0.279 e. The Labute approximate surface area is 141 Å². The van der Waals surface area contributed by atoms with Gasteiger partial charge in [-0.05, 0) is 42.5 Å². The predicted octanol–water partition coefficient (Wildman–Crippen LogP) is 2.52. The van der Waals surface area contributed by atoms with E-state index < -0.39 is 15.7 Å². The van der Waals surface area contributed by atoms with Gasteiger partial charge in [-0.15, -0.1) is 0 Å². The van der Waals surface area contributed by atoms with Crippen molar-refractivity contribution in [2.24, 2.45) is 12.0 Å². The maximum atomic E-state index is 13.3. The summed E-state index contributed by atoms with van der Waals surface area (Å²) in [6.07, 6.45) is 1.10. The number of sulfone groups is 1. The Morgan fingerprint density at radius 1 is 1.17 bits per heavy atom. The van der Waals surface area contributed by atoms with Gasteiger partial charge < -0.3 is 4.57 Å². The number of benzene rings is 2. The third-order valence-electron chi connectivity index (χ3n) is 3.50. The van der Waals surface area contributed by atoms with Crippen molar-refractivity contribution in [2.75, 3.05) is 6.26 Å². The van der Waals surface area contributed by atoms with Crippen LogP contribution in [0, 0.1) is 5.82 Å². The maximum Gasteiger partial charge on any atom is 0.279 e. The van der Waals surface area contributed by atoms with Crippen molar-refractivity contribution < 1.29 is 17.6 Å². The monoisotopic (exact) mass is 364 g/mol. The number of aryl methyl sites for hydroxylation is 1. The second-order valence-electron chi connectivity index (χ2n) is 5.27. The van der Waals surface area contributed by atoms with Gasteiger partial charge in [0, 0.05) is 18.9 Å². The highest BCUT2D eigenvalue weighted by atomic mass is 32.2. The summed E-state index contributed by atoms with van der Waals surface area (Å²) in [6, 6.07) is 9.97. The zero-order valence-electron chi connectivity index (χ0n) is 12.9. The fraction of sp³-hybridized carbons (Fsp3) is 0.125. The third-order valence-corrected chi connectivity index (χ3v) is 5.72. The van der Waals surface area contributed by atoms with Gasteiger partial charge in [0.1, 0.15) is 5.82 Å². The molecule has 0 aliphatic heterocycles. The van der Waals surface area contributed by atoms with Crippen LogP contribution in [0.5, 0.6) is 0 Å². The summed E-state index contributed by atoms with van der Waals surface area (Å²) in [5.41, 5.74) is 1.06. The molecule has 24 heavy (non-hydrogen) atoms. The Morgan fingerprint density at radius 2 is 1.83 bits per heavy atom. The van der Waals surface area contributed by atoms with Crippen molar-refractivity contribution in [1.29, 1.82) is 0 Å². The van der Waals surface area contributed by atoms with Gasteiger partial charge in [0.15, 0.2) is 14.6 Å². The molecule has 1 heterocycles. The molecule has 0 aliphatic rings. The van der Waals surface area contributed by atoms with Crippen LogP contribution in [-0.4, -0.2) is 25.1 Å². The average Bonchev–Trinajstić information content (AvgIpc) is 2.82. The van der Waals surface area contributed by atoms with Gasteiger partial charge in [-0.1, -0.05) is 11.3 Å². The van der Waals surface area contributed by atoms with Gasteiger partial charge in [-0.25, -0.2) is 12.8 Å². The molecule has 0 aliphatic carbocycles. The number of aromatic nitrogens is 1. The number of halogens is 1. The number of hydrogen-bond acceptors (Lipinski definition) is 4. The highest BCUT2D eigenvalue weighted by Gasteiger charge is 2.10. The van der Waals surface area contributed by atoms with Crippen LogP contribution in [0.1, 0.15) is 10.4 Å². The van der Waals surface area contributed by atoms with E-state index in [0.717, 1.165) is 11.8 Å². The van der Waals surface area contributed by atoms with Gasteiger partial charge in [-0.2, -0.15) is 4.99 Å². The van der Waals surface area contributed by atoms with Crippen LogP contribution in [0.15, 0.2) is 52.4 Å². The lowest BCUT2D eigenvalue weighted by atomic mass is 10.2. The van der Waals surface area contributed by atoms with E-state index in [2.05, 4.69) is 4.99 Å². The minimum atomic E-state index is -3.31. The standard InChI is InChI=1S/C16H13FN2O3S2/c1-19-13-8-5-11(17)9-14(13)23-16(19)18-15(20)10-3-6-12(7-4-10)24(2,21)22/h3-9H,1-2H3. The molecular weight excluding hydrogens is 351 g/mol. The normalized spacial score (nSPS) is 12.7. The Hall–Kier alpha value is -2.32. The number of hydrogen-bond donors (Lipinski definition) is 0. The van der Waals surface area contributed by atoms with E-state index in [1.807, 2.05) is 0 Å². The highest BCUT2D eigenvalue weighted by Crippen LogP contribution is 2.18. The maximum absolute atomic E-state index is 13.3. The van der Waals surface area contributed by atoms with Crippen LogP contribution >= 0.6 is 11.3 Å². The molecule has 3 aromatic rings. The number of carbonyl (C=O) groups excluding carboxylic acids is 1. The first-order chi connectivity index (χ1) is 11.3. The summed E-state index contributed by atoms with van der Waals surface area (Å²) in [4.78, 5) is 16.9. The molecule has 0 unspecified atom stereocenters. The van der Waals surface area contributed by atoms with E-state index in [-0.39, 0.29) is 16.3 Å². The van der Waals surface area contributed by atoms with Crippen LogP contribution in [0.25, 0.3) is 10.2 Å². The van der Waals surface area contributed by atoms with E-state index in [4.69, 9.17) is 0 Å². The fourth-order valence-corrected chi connectivity index (χ4v) is 3.88. The first-order valence-electron chi connectivity index (χ1n) is 6.90. The first-order valence-corrected chi connectivity index (χ1v) is 9.61. The summed E-state index contributed by atoms with van der Waals surface area (Å²) in [6.45, 7) is 0. The predicted molar refractivity (Wildman–Crippen MR) is 90.2 cm³/mol. The van der Waals surface area contributed by atoms with Crippen molar-refractivity contribution in [3.63, 3.8) is 0 Å². The molecular formula is C16H13FN2O3S2. The van der Waals surface area contributed by atoms with Gasteiger partial charge in [0.25, 0.3) is 5.91 Å². The summed E-state index contributed by atoms with van der Waals surface area (Å²) in [5.74, 6) is -0.837. The molecule has 8 heteroatoms. The molecule has 1 amide bonds. The number of thiazole rings is 1. The molecule has 5 nitrogen and oxygen atoms in total. The summed E-state index contributed by atoms with van der Waals surface area (Å²) in [5, 5.41) is 0. The quantitative estimate of drug-likeness (QED) is 0.702. The van der Waals surface area contributed by atoms with Crippen molar-refractivity contribution in [2.45, 2.75) is 4.90 Å². The Balaban J connectivity index is 2.02. The highest BCUT2D eigenvalue weighted by molar-refractivity contribution is 7.90. The van der Waals surface area contributed by atoms with E-state index in [1.165, 1.54) is 47.7 Å². The minimum Gasteiger partial charge on any atom is -0.319 e. The Bertz CT molecular complexity index is 1110. The van der Waals surface area contributed by atoms with Crippen molar-refractivity contribution in [1.82, 2.24) is 4.57 Å². The number of amides is 1. The van der Waals surface area contributed by atoms with Crippen molar-refractivity contribution in [3.8, 4) is 0 Å². The number of carbonyl (C=O) groups is 1.